The van der Waals surface area contributed by atoms with Gasteiger partial charge in [-0.25, -0.2) is 8.78 Å². The smallest absolute Gasteiger partial charge is 0.303 e. The van der Waals surface area contributed by atoms with Crippen LogP contribution in [0.2, 0.25) is 0 Å². The number of aliphatic carboxylic acids is 1. The number of hydrogen-bond acceptors (Lipinski definition) is 3. The zero-order valence-corrected chi connectivity index (χ0v) is 11.7. The molecule has 0 radical (unpaired) electrons. The lowest BCUT2D eigenvalue weighted by Crippen LogP contribution is -2.25. The third kappa shape index (κ3) is 4.16. The Kier molecular flexibility index (Phi) is 5.05. The number of carbonyl (C=O) groups is 1. The zero-order chi connectivity index (χ0) is 15.5. The highest BCUT2D eigenvalue weighted by molar-refractivity contribution is 5.67. The molecule has 6 heteroatoms. The van der Waals surface area contributed by atoms with Crippen LogP contribution >= 0.6 is 0 Å². The van der Waals surface area contributed by atoms with E-state index in [0.717, 1.165) is 12.1 Å². The normalized spacial score (nSPS) is 13.1. The first-order valence-electron chi connectivity index (χ1n) is 6.16. The maximum atomic E-state index is 13.9. The van der Waals surface area contributed by atoms with Gasteiger partial charge in [-0.1, -0.05) is 13.8 Å². The van der Waals surface area contributed by atoms with E-state index in [0.29, 0.717) is 0 Å². The molecular formula is C14H19F2NO3. The van der Waals surface area contributed by atoms with Gasteiger partial charge in [0.25, 0.3) is 0 Å². The lowest BCUT2D eigenvalue weighted by atomic mass is 9.81. The molecule has 0 fully saturated rings. The first kappa shape index (κ1) is 16.4. The van der Waals surface area contributed by atoms with Gasteiger partial charge >= 0.3 is 5.97 Å². The monoisotopic (exact) mass is 287 g/mol. The molecule has 0 heterocycles. The Hall–Kier alpha value is -1.69. The highest BCUT2D eigenvalue weighted by Gasteiger charge is 2.28. The topological polar surface area (TPSA) is 72.5 Å². The fraction of sp³-hybridized carbons (Fsp3) is 0.500. The molecule has 1 rings (SSSR count). The van der Waals surface area contributed by atoms with Crippen molar-refractivity contribution in [2.24, 2.45) is 11.1 Å². The summed E-state index contributed by atoms with van der Waals surface area (Å²) < 4.78 is 32.5. The minimum Gasteiger partial charge on any atom is -0.497 e. The average Bonchev–Trinajstić information content (AvgIpc) is 2.24. The van der Waals surface area contributed by atoms with E-state index in [2.05, 4.69) is 0 Å². The number of methoxy groups -OCH3 is 1. The van der Waals surface area contributed by atoms with Crippen LogP contribution in [-0.4, -0.2) is 18.2 Å². The highest BCUT2D eigenvalue weighted by Crippen LogP contribution is 2.34. The SMILES string of the molecule is COc1cc(F)c(C(N)CC(C)(C)CC(=O)O)c(F)c1. The maximum Gasteiger partial charge on any atom is 0.303 e. The van der Waals surface area contributed by atoms with E-state index in [1.54, 1.807) is 13.8 Å². The number of ether oxygens (including phenoxy) is 1. The summed E-state index contributed by atoms with van der Waals surface area (Å²) in [6.07, 6.45) is 0.0273. The molecule has 1 unspecified atom stereocenters. The molecule has 0 saturated heterocycles. The first-order valence-corrected chi connectivity index (χ1v) is 6.16. The summed E-state index contributed by atoms with van der Waals surface area (Å²) >= 11 is 0. The van der Waals surface area contributed by atoms with Gasteiger partial charge in [-0.05, 0) is 11.8 Å². The number of carboxylic acid groups (broad SMARTS) is 1. The van der Waals surface area contributed by atoms with E-state index in [-0.39, 0.29) is 24.2 Å². The minimum absolute atomic E-state index is 0.0701. The number of halogens is 2. The summed E-state index contributed by atoms with van der Waals surface area (Å²) in [6, 6.07) is 1.19. The Morgan fingerprint density at radius 2 is 1.90 bits per heavy atom. The van der Waals surface area contributed by atoms with Crippen LogP contribution in [0.4, 0.5) is 8.78 Å². The van der Waals surface area contributed by atoms with E-state index in [9.17, 15) is 13.6 Å². The van der Waals surface area contributed by atoms with Crippen LogP contribution in [-0.2, 0) is 4.79 Å². The van der Waals surface area contributed by atoms with E-state index in [1.807, 2.05) is 0 Å². The standard InChI is InChI=1S/C14H19F2NO3/c1-14(2,7-12(18)19)6-11(17)13-9(15)4-8(20-3)5-10(13)16/h4-5,11H,6-7,17H2,1-3H3,(H,18,19). The van der Waals surface area contributed by atoms with Crippen LogP contribution in [0.3, 0.4) is 0 Å². The molecule has 4 nitrogen and oxygen atoms in total. The number of carboxylic acids is 1. The Balaban J connectivity index is 2.98. The van der Waals surface area contributed by atoms with Gasteiger partial charge in [-0.15, -0.1) is 0 Å². The van der Waals surface area contributed by atoms with Crippen LogP contribution in [0.1, 0.15) is 38.3 Å². The Labute approximate surface area is 116 Å². The number of rotatable bonds is 6. The van der Waals surface area contributed by atoms with Crippen LogP contribution in [0.15, 0.2) is 12.1 Å². The molecular weight excluding hydrogens is 268 g/mol. The van der Waals surface area contributed by atoms with Gasteiger partial charge in [0.15, 0.2) is 0 Å². The second-order valence-electron chi connectivity index (χ2n) is 5.55. The van der Waals surface area contributed by atoms with Gasteiger partial charge in [-0.3, -0.25) is 4.79 Å². The van der Waals surface area contributed by atoms with E-state index < -0.39 is 29.1 Å². The van der Waals surface area contributed by atoms with E-state index >= 15 is 0 Å². The molecule has 112 valence electrons. The third-order valence-corrected chi connectivity index (χ3v) is 3.06. The van der Waals surface area contributed by atoms with Crippen LogP contribution in [0.25, 0.3) is 0 Å². The van der Waals surface area contributed by atoms with Crippen molar-refractivity contribution in [2.75, 3.05) is 7.11 Å². The molecule has 0 aromatic heterocycles. The van der Waals surface area contributed by atoms with Crippen molar-refractivity contribution in [3.63, 3.8) is 0 Å². The summed E-state index contributed by atoms with van der Waals surface area (Å²) in [5.41, 5.74) is 4.93. The molecule has 20 heavy (non-hydrogen) atoms. The molecule has 1 aromatic carbocycles. The second kappa shape index (κ2) is 6.17. The van der Waals surface area contributed by atoms with Crippen LogP contribution in [0, 0.1) is 17.0 Å². The molecule has 3 N–H and O–H groups in total. The summed E-state index contributed by atoms with van der Waals surface area (Å²) in [5.74, 6) is -2.49. The zero-order valence-electron chi connectivity index (χ0n) is 11.7. The molecule has 0 aliphatic carbocycles. The van der Waals surface area contributed by atoms with Crippen molar-refractivity contribution < 1.29 is 23.4 Å². The fourth-order valence-corrected chi connectivity index (χ4v) is 2.21. The lowest BCUT2D eigenvalue weighted by molar-refractivity contribution is -0.139. The van der Waals surface area contributed by atoms with Gasteiger partial charge in [0, 0.05) is 23.7 Å². The van der Waals surface area contributed by atoms with Crippen LogP contribution in [0.5, 0.6) is 5.75 Å². The number of nitrogens with two attached hydrogens (primary N) is 1. The van der Waals surface area contributed by atoms with Crippen molar-refractivity contribution in [3.05, 3.63) is 29.3 Å². The Bertz CT molecular complexity index is 480. The quantitative estimate of drug-likeness (QED) is 0.844. The van der Waals surface area contributed by atoms with Gasteiger partial charge in [0.2, 0.25) is 0 Å². The molecule has 0 spiro atoms. The van der Waals surface area contributed by atoms with Gasteiger partial charge < -0.3 is 15.6 Å². The fourth-order valence-electron chi connectivity index (χ4n) is 2.21. The van der Waals surface area contributed by atoms with Crippen molar-refractivity contribution in [1.82, 2.24) is 0 Å². The Morgan fingerprint density at radius 3 is 2.30 bits per heavy atom. The summed E-state index contributed by atoms with van der Waals surface area (Å²) in [7, 11) is 1.31. The van der Waals surface area contributed by atoms with E-state index in [1.165, 1.54) is 7.11 Å². The molecule has 1 aromatic rings. The van der Waals surface area contributed by atoms with Crippen molar-refractivity contribution in [2.45, 2.75) is 32.7 Å². The number of benzene rings is 1. The molecule has 1 atom stereocenters. The first-order chi connectivity index (χ1) is 9.16. The third-order valence-electron chi connectivity index (χ3n) is 3.06. The average molecular weight is 287 g/mol. The number of hydrogen-bond donors (Lipinski definition) is 2. The molecule has 0 aliphatic heterocycles. The van der Waals surface area contributed by atoms with E-state index in [4.69, 9.17) is 15.6 Å². The molecule has 0 aliphatic rings. The van der Waals surface area contributed by atoms with Gasteiger partial charge in [0.1, 0.15) is 17.4 Å². The predicted octanol–water partition coefficient (Wildman–Crippen LogP) is 2.86. The molecule has 0 saturated carbocycles. The maximum absolute atomic E-state index is 13.9. The molecule has 0 bridgehead atoms. The summed E-state index contributed by atoms with van der Waals surface area (Å²) in [6.45, 7) is 3.39. The lowest BCUT2D eigenvalue weighted by Gasteiger charge is -2.26. The largest absolute Gasteiger partial charge is 0.497 e. The van der Waals surface area contributed by atoms with Gasteiger partial charge in [0.05, 0.1) is 13.5 Å². The van der Waals surface area contributed by atoms with Crippen LogP contribution < -0.4 is 10.5 Å². The van der Waals surface area contributed by atoms with Gasteiger partial charge in [-0.2, -0.15) is 0 Å². The van der Waals surface area contributed by atoms with Crippen molar-refractivity contribution in [1.29, 1.82) is 0 Å². The predicted molar refractivity (Wildman–Crippen MR) is 70.5 cm³/mol. The summed E-state index contributed by atoms with van der Waals surface area (Å²) in [4.78, 5) is 10.7. The second-order valence-corrected chi connectivity index (χ2v) is 5.55. The Morgan fingerprint density at radius 1 is 1.40 bits per heavy atom. The highest BCUT2D eigenvalue weighted by atomic mass is 19.1. The molecule has 0 amide bonds. The summed E-state index contributed by atoms with van der Waals surface area (Å²) in [5, 5.41) is 8.80. The minimum atomic E-state index is -0.974. The van der Waals surface area contributed by atoms with Crippen molar-refractivity contribution in [3.8, 4) is 5.75 Å². The van der Waals surface area contributed by atoms with Crippen molar-refractivity contribution >= 4 is 5.97 Å².